The summed E-state index contributed by atoms with van der Waals surface area (Å²) in [7, 11) is 0. The van der Waals surface area contributed by atoms with Crippen LogP contribution in [-0.2, 0) is 6.42 Å². The van der Waals surface area contributed by atoms with Gasteiger partial charge in [0.2, 0.25) is 0 Å². The second-order valence-corrected chi connectivity index (χ2v) is 5.23. The van der Waals surface area contributed by atoms with Crippen LogP contribution < -0.4 is 5.32 Å². The Bertz CT molecular complexity index is 330. The van der Waals surface area contributed by atoms with Crippen LogP contribution in [0, 0.1) is 0 Å². The van der Waals surface area contributed by atoms with E-state index in [4.69, 9.17) is 0 Å². The first-order valence-electron chi connectivity index (χ1n) is 7.35. The van der Waals surface area contributed by atoms with Crippen molar-refractivity contribution in [1.82, 2.24) is 10.2 Å². The normalized spacial score (nSPS) is 21.4. The third-order valence-corrected chi connectivity index (χ3v) is 4.12. The van der Waals surface area contributed by atoms with Gasteiger partial charge in [0, 0.05) is 18.6 Å². The molecule has 0 saturated carbocycles. The number of nitrogens with zero attached hydrogens (tertiary/aromatic N) is 1. The minimum atomic E-state index is 0.683. The molecule has 0 aromatic heterocycles. The maximum atomic E-state index is 3.49. The van der Waals surface area contributed by atoms with Crippen molar-refractivity contribution in [2.75, 3.05) is 19.6 Å². The molecule has 2 unspecified atom stereocenters. The van der Waals surface area contributed by atoms with E-state index < -0.39 is 0 Å². The molecule has 0 aliphatic carbocycles. The van der Waals surface area contributed by atoms with Gasteiger partial charge in [-0.05, 0) is 37.9 Å². The van der Waals surface area contributed by atoms with Crippen LogP contribution in [0.3, 0.4) is 0 Å². The molecule has 1 aliphatic rings. The van der Waals surface area contributed by atoms with Gasteiger partial charge >= 0.3 is 0 Å². The summed E-state index contributed by atoms with van der Waals surface area (Å²) in [6.45, 7) is 8.13. The number of rotatable bonds is 6. The van der Waals surface area contributed by atoms with Crippen molar-refractivity contribution in [3.63, 3.8) is 0 Å². The van der Waals surface area contributed by atoms with Crippen LogP contribution in [0.15, 0.2) is 30.3 Å². The lowest BCUT2D eigenvalue weighted by atomic mass is 10.0. The molecule has 1 aliphatic heterocycles. The highest BCUT2D eigenvalue weighted by Crippen LogP contribution is 2.18. The van der Waals surface area contributed by atoms with Gasteiger partial charge in [-0.2, -0.15) is 0 Å². The van der Waals surface area contributed by atoms with Crippen molar-refractivity contribution in [2.45, 2.75) is 45.2 Å². The predicted molar refractivity (Wildman–Crippen MR) is 77.9 cm³/mol. The molecule has 1 aromatic rings. The van der Waals surface area contributed by atoms with Gasteiger partial charge in [-0.1, -0.05) is 44.2 Å². The molecule has 0 bridgehead atoms. The second-order valence-electron chi connectivity index (χ2n) is 5.23. The number of likely N-dealkylation sites (N-methyl/N-ethyl adjacent to an activating group) is 1. The summed E-state index contributed by atoms with van der Waals surface area (Å²) >= 11 is 0. The van der Waals surface area contributed by atoms with Crippen LogP contribution in [0.1, 0.15) is 32.3 Å². The smallest absolute Gasteiger partial charge is 0.0235 e. The zero-order valence-electron chi connectivity index (χ0n) is 11.7. The minimum absolute atomic E-state index is 0.683. The minimum Gasteiger partial charge on any atom is -0.315 e. The van der Waals surface area contributed by atoms with Gasteiger partial charge in [-0.25, -0.2) is 0 Å². The van der Waals surface area contributed by atoms with Crippen molar-refractivity contribution in [2.24, 2.45) is 0 Å². The molecule has 2 heteroatoms. The Hall–Kier alpha value is -0.860. The monoisotopic (exact) mass is 246 g/mol. The Morgan fingerprint density at radius 1 is 1.28 bits per heavy atom. The van der Waals surface area contributed by atoms with Gasteiger partial charge in [-0.15, -0.1) is 0 Å². The van der Waals surface area contributed by atoms with Crippen molar-refractivity contribution in [1.29, 1.82) is 0 Å². The highest BCUT2D eigenvalue weighted by Gasteiger charge is 2.26. The predicted octanol–water partition coefficient (Wildman–Crippen LogP) is 2.69. The van der Waals surface area contributed by atoms with Crippen LogP contribution in [0.4, 0.5) is 0 Å². The van der Waals surface area contributed by atoms with E-state index in [-0.39, 0.29) is 0 Å². The van der Waals surface area contributed by atoms with Crippen LogP contribution in [0.25, 0.3) is 0 Å². The molecule has 100 valence electrons. The topological polar surface area (TPSA) is 15.3 Å². The molecular formula is C16H26N2. The zero-order valence-corrected chi connectivity index (χ0v) is 11.7. The van der Waals surface area contributed by atoms with Gasteiger partial charge in [0.25, 0.3) is 0 Å². The fraction of sp³-hybridized carbons (Fsp3) is 0.625. The van der Waals surface area contributed by atoms with Crippen LogP contribution >= 0.6 is 0 Å². The first-order valence-corrected chi connectivity index (χ1v) is 7.35. The Morgan fingerprint density at radius 2 is 2.06 bits per heavy atom. The molecule has 0 spiro atoms. The summed E-state index contributed by atoms with van der Waals surface area (Å²) < 4.78 is 0. The first-order chi connectivity index (χ1) is 8.85. The Labute approximate surface area is 111 Å². The average molecular weight is 246 g/mol. The van der Waals surface area contributed by atoms with Crippen molar-refractivity contribution >= 4 is 0 Å². The van der Waals surface area contributed by atoms with E-state index in [2.05, 4.69) is 54.4 Å². The van der Waals surface area contributed by atoms with Crippen LogP contribution in [0.2, 0.25) is 0 Å². The highest BCUT2D eigenvalue weighted by molar-refractivity contribution is 5.16. The van der Waals surface area contributed by atoms with Crippen molar-refractivity contribution < 1.29 is 0 Å². The Morgan fingerprint density at radius 3 is 2.61 bits per heavy atom. The van der Waals surface area contributed by atoms with E-state index >= 15 is 0 Å². The summed E-state index contributed by atoms with van der Waals surface area (Å²) in [4.78, 5) is 2.70. The number of hydrogen-bond donors (Lipinski definition) is 1. The van der Waals surface area contributed by atoms with E-state index in [1.54, 1.807) is 0 Å². The summed E-state index contributed by atoms with van der Waals surface area (Å²) in [5.41, 5.74) is 1.47. The molecular weight excluding hydrogens is 220 g/mol. The number of benzene rings is 1. The van der Waals surface area contributed by atoms with Gasteiger partial charge in [-0.3, -0.25) is 4.90 Å². The molecule has 2 atom stereocenters. The van der Waals surface area contributed by atoms with Crippen LogP contribution in [0.5, 0.6) is 0 Å². The third-order valence-electron chi connectivity index (χ3n) is 4.12. The van der Waals surface area contributed by atoms with Gasteiger partial charge < -0.3 is 5.32 Å². The zero-order chi connectivity index (χ0) is 12.8. The summed E-state index contributed by atoms with van der Waals surface area (Å²) in [5.74, 6) is 0. The fourth-order valence-corrected chi connectivity index (χ4v) is 3.12. The summed E-state index contributed by atoms with van der Waals surface area (Å²) in [6.07, 6.45) is 3.72. The van der Waals surface area contributed by atoms with E-state index in [9.17, 15) is 0 Å². The average Bonchev–Trinajstić information content (AvgIpc) is 2.93. The van der Waals surface area contributed by atoms with Crippen LogP contribution in [-0.4, -0.2) is 36.6 Å². The lowest BCUT2D eigenvalue weighted by Gasteiger charge is -2.35. The molecule has 1 aromatic carbocycles. The molecule has 1 heterocycles. The molecule has 1 fully saturated rings. The molecule has 2 rings (SSSR count). The van der Waals surface area contributed by atoms with Gasteiger partial charge in [0.1, 0.15) is 0 Å². The Kier molecular flexibility index (Phi) is 5.21. The van der Waals surface area contributed by atoms with E-state index in [1.165, 1.54) is 37.9 Å². The molecule has 1 N–H and O–H groups in total. The first kappa shape index (κ1) is 13.6. The van der Waals surface area contributed by atoms with E-state index in [0.29, 0.717) is 6.04 Å². The molecule has 0 amide bonds. The van der Waals surface area contributed by atoms with E-state index in [0.717, 1.165) is 12.6 Å². The maximum absolute atomic E-state index is 3.49. The number of nitrogens with one attached hydrogen (secondary N) is 1. The molecule has 0 radical (unpaired) electrons. The second kappa shape index (κ2) is 6.91. The summed E-state index contributed by atoms with van der Waals surface area (Å²) in [5, 5.41) is 3.49. The van der Waals surface area contributed by atoms with E-state index in [1.807, 2.05) is 0 Å². The highest BCUT2D eigenvalue weighted by atomic mass is 15.2. The SMILES string of the molecule is CCC(Cc1ccccc1)N(CC)C1CCNC1. The standard InChI is InChI=1S/C16H26N2/c1-3-15(12-14-8-6-5-7-9-14)18(4-2)16-10-11-17-13-16/h5-9,15-17H,3-4,10-13H2,1-2H3. The fourth-order valence-electron chi connectivity index (χ4n) is 3.12. The molecule has 2 nitrogen and oxygen atoms in total. The van der Waals surface area contributed by atoms with Gasteiger partial charge in [0.05, 0.1) is 0 Å². The molecule has 1 saturated heterocycles. The van der Waals surface area contributed by atoms with Crippen molar-refractivity contribution in [3.05, 3.63) is 35.9 Å². The Balaban J connectivity index is 2.01. The quantitative estimate of drug-likeness (QED) is 0.830. The largest absolute Gasteiger partial charge is 0.315 e. The maximum Gasteiger partial charge on any atom is 0.0235 e. The summed E-state index contributed by atoms with van der Waals surface area (Å²) in [6, 6.07) is 12.3. The third kappa shape index (κ3) is 3.33. The molecule has 18 heavy (non-hydrogen) atoms. The lowest BCUT2D eigenvalue weighted by molar-refractivity contribution is 0.146. The number of hydrogen-bond acceptors (Lipinski definition) is 2. The van der Waals surface area contributed by atoms with Gasteiger partial charge in [0.15, 0.2) is 0 Å². The lowest BCUT2D eigenvalue weighted by Crippen LogP contribution is -2.45. The van der Waals surface area contributed by atoms with Crippen molar-refractivity contribution in [3.8, 4) is 0 Å².